The highest BCUT2D eigenvalue weighted by Gasteiger charge is 2.31. The van der Waals surface area contributed by atoms with E-state index in [2.05, 4.69) is 5.10 Å². The molecule has 0 saturated heterocycles. The monoisotopic (exact) mass is 332 g/mol. The van der Waals surface area contributed by atoms with Gasteiger partial charge >= 0.3 is 0 Å². The molecule has 1 aliphatic heterocycles. The molecule has 0 bridgehead atoms. The molecule has 7 nitrogen and oxygen atoms in total. The summed E-state index contributed by atoms with van der Waals surface area (Å²) < 4.78 is 19.8. The quantitative estimate of drug-likeness (QED) is 0.613. The first-order valence-electron chi connectivity index (χ1n) is 8.08. The number of ether oxygens (including phenoxy) is 1. The van der Waals surface area contributed by atoms with Crippen LogP contribution in [0.2, 0.25) is 0 Å². The number of anilines is 1. The largest absolute Gasteiger partial charge is 0.692 e. The second-order valence-electron chi connectivity index (χ2n) is 5.96. The predicted molar refractivity (Wildman–Crippen MR) is 82.6 cm³/mol. The molecule has 0 saturated carbocycles. The molecule has 1 aliphatic carbocycles. The Morgan fingerprint density at radius 1 is 1.33 bits per heavy atom. The van der Waals surface area contributed by atoms with Crippen molar-refractivity contribution in [2.75, 3.05) is 18.1 Å². The van der Waals surface area contributed by atoms with Crippen LogP contribution in [-0.4, -0.2) is 29.0 Å². The third-order valence-electron chi connectivity index (χ3n) is 4.53. The van der Waals surface area contributed by atoms with Gasteiger partial charge in [-0.05, 0) is 24.6 Å². The van der Waals surface area contributed by atoms with E-state index in [1.54, 1.807) is 0 Å². The zero-order valence-corrected chi connectivity index (χ0v) is 13.3. The van der Waals surface area contributed by atoms with Gasteiger partial charge in [0.15, 0.2) is 23.8 Å². The van der Waals surface area contributed by atoms with Crippen molar-refractivity contribution in [1.29, 1.82) is 0 Å². The first-order valence-corrected chi connectivity index (χ1v) is 8.08. The van der Waals surface area contributed by atoms with Crippen molar-refractivity contribution in [2.24, 2.45) is 0 Å². The average Bonchev–Trinajstić information content (AvgIpc) is 2.92. The fourth-order valence-corrected chi connectivity index (χ4v) is 3.32. The van der Waals surface area contributed by atoms with E-state index in [9.17, 15) is 14.4 Å². The number of hydrogen-bond acceptors (Lipinski definition) is 4. The molecule has 2 aromatic rings. The van der Waals surface area contributed by atoms with Crippen LogP contribution in [0.1, 0.15) is 31.2 Å². The number of aryl methyl sites for hydroxylation is 1. The lowest BCUT2D eigenvalue weighted by Crippen LogP contribution is -2.42. The molecule has 126 valence electrons. The van der Waals surface area contributed by atoms with Gasteiger partial charge in [-0.2, -0.15) is 0 Å². The Labute approximate surface area is 137 Å². The van der Waals surface area contributed by atoms with E-state index >= 15 is 0 Å². The van der Waals surface area contributed by atoms with Crippen LogP contribution >= 0.6 is 0 Å². The van der Waals surface area contributed by atoms with Crippen LogP contribution in [-0.2, 0) is 17.6 Å². The second-order valence-corrected chi connectivity index (χ2v) is 5.96. The number of aromatic nitrogens is 3. The van der Waals surface area contributed by atoms with Gasteiger partial charge in [0.1, 0.15) is 5.75 Å². The molecule has 2 heterocycles. The standard InChI is InChI=1S/C16H17FN4O3/c1-2-19-14-8-13(10(17)7-15(14)24-9-16(19)22)20-18-11-5-3-4-6-12(11)21(20)23/h7-8H,2-6,9H2,1H3. The molecule has 0 spiro atoms. The van der Waals surface area contributed by atoms with Gasteiger partial charge in [-0.25, -0.2) is 4.39 Å². The number of fused-ring (bicyclic) bond motifs is 2. The normalized spacial score (nSPS) is 16.6. The van der Waals surface area contributed by atoms with E-state index in [0.717, 1.165) is 24.1 Å². The zero-order chi connectivity index (χ0) is 16.8. The summed E-state index contributed by atoms with van der Waals surface area (Å²) in [5.41, 5.74) is 1.79. The van der Waals surface area contributed by atoms with Crippen LogP contribution < -0.4 is 14.5 Å². The van der Waals surface area contributed by atoms with E-state index in [0.29, 0.717) is 40.6 Å². The number of likely N-dealkylation sites (N-methyl/N-ethyl adjacent to an activating group) is 1. The minimum absolute atomic E-state index is 0.0231. The number of nitrogens with zero attached hydrogens (tertiary/aromatic N) is 4. The summed E-state index contributed by atoms with van der Waals surface area (Å²) in [7, 11) is 0. The predicted octanol–water partition coefficient (Wildman–Crippen LogP) is 1.27. The molecule has 0 unspecified atom stereocenters. The smallest absolute Gasteiger partial charge is 0.265 e. The molecule has 1 amide bonds. The fourth-order valence-electron chi connectivity index (χ4n) is 3.32. The molecular weight excluding hydrogens is 315 g/mol. The maximum Gasteiger partial charge on any atom is 0.265 e. The Bertz CT molecular complexity index is 833. The second kappa shape index (κ2) is 5.47. The summed E-state index contributed by atoms with van der Waals surface area (Å²) in [4.78, 5) is 15.2. The summed E-state index contributed by atoms with van der Waals surface area (Å²) in [6.45, 7) is 2.15. The third-order valence-corrected chi connectivity index (χ3v) is 4.53. The highest BCUT2D eigenvalue weighted by atomic mass is 19.1. The first kappa shape index (κ1) is 14.9. The Kier molecular flexibility index (Phi) is 3.40. The van der Waals surface area contributed by atoms with Gasteiger partial charge in [0.25, 0.3) is 5.91 Å². The minimum atomic E-state index is -0.608. The molecule has 8 heteroatoms. The van der Waals surface area contributed by atoms with Gasteiger partial charge in [-0.3, -0.25) is 4.79 Å². The number of amides is 1. The van der Waals surface area contributed by atoms with E-state index in [-0.39, 0.29) is 18.2 Å². The van der Waals surface area contributed by atoms with Crippen LogP contribution in [0.3, 0.4) is 0 Å². The van der Waals surface area contributed by atoms with E-state index in [1.807, 2.05) is 6.92 Å². The summed E-state index contributed by atoms with van der Waals surface area (Å²) in [5, 5.41) is 16.8. The van der Waals surface area contributed by atoms with Gasteiger partial charge in [0.2, 0.25) is 5.69 Å². The maximum absolute atomic E-state index is 14.5. The molecular formula is C16H17FN4O3. The van der Waals surface area contributed by atoms with E-state index in [4.69, 9.17) is 4.74 Å². The highest BCUT2D eigenvalue weighted by molar-refractivity contribution is 5.98. The lowest BCUT2D eigenvalue weighted by atomic mass is 10.0. The maximum atomic E-state index is 14.5. The lowest BCUT2D eigenvalue weighted by Gasteiger charge is -2.28. The van der Waals surface area contributed by atoms with Gasteiger partial charge in [-0.15, -0.1) is 4.85 Å². The minimum Gasteiger partial charge on any atom is -0.692 e. The van der Waals surface area contributed by atoms with Crippen molar-refractivity contribution in [3.63, 3.8) is 0 Å². The number of carbonyl (C=O) groups is 1. The van der Waals surface area contributed by atoms with Crippen LogP contribution in [0, 0.1) is 11.0 Å². The lowest BCUT2D eigenvalue weighted by molar-refractivity contribution is -0.696. The Hall–Kier alpha value is -2.64. The molecule has 1 aromatic carbocycles. The number of rotatable bonds is 2. The van der Waals surface area contributed by atoms with E-state index < -0.39 is 5.82 Å². The topological polar surface area (TPSA) is 74.3 Å². The van der Waals surface area contributed by atoms with Crippen LogP contribution in [0.25, 0.3) is 5.69 Å². The van der Waals surface area contributed by atoms with Crippen molar-refractivity contribution in [1.82, 2.24) is 9.90 Å². The molecule has 0 atom stereocenters. The van der Waals surface area contributed by atoms with E-state index in [1.165, 1.54) is 17.0 Å². The average molecular weight is 332 g/mol. The Morgan fingerprint density at radius 3 is 2.88 bits per heavy atom. The summed E-state index contributed by atoms with van der Waals surface area (Å²) in [6.07, 6.45) is 3.27. The summed E-state index contributed by atoms with van der Waals surface area (Å²) in [5.74, 6) is -0.506. The molecule has 1 aromatic heterocycles. The Balaban J connectivity index is 1.86. The summed E-state index contributed by atoms with van der Waals surface area (Å²) >= 11 is 0. The summed E-state index contributed by atoms with van der Waals surface area (Å²) in [6, 6.07) is 2.67. The zero-order valence-electron chi connectivity index (χ0n) is 13.3. The SMILES string of the molecule is CCN1C(=O)COc2cc(F)c(-n3nc4c([n+]3[O-])CCCC4)cc21. The number of carbonyl (C=O) groups excluding carboxylic acids is 1. The van der Waals surface area contributed by atoms with Gasteiger partial charge < -0.3 is 14.8 Å². The number of halogens is 1. The number of benzene rings is 1. The van der Waals surface area contributed by atoms with Crippen molar-refractivity contribution in [2.45, 2.75) is 32.6 Å². The highest BCUT2D eigenvalue weighted by Crippen LogP contribution is 2.35. The third kappa shape index (κ3) is 2.13. The first-order chi connectivity index (χ1) is 11.6. The molecule has 2 aliphatic rings. The van der Waals surface area contributed by atoms with Crippen molar-refractivity contribution >= 4 is 11.6 Å². The van der Waals surface area contributed by atoms with Crippen LogP contribution in [0.5, 0.6) is 5.75 Å². The Morgan fingerprint density at radius 2 is 2.12 bits per heavy atom. The van der Waals surface area contributed by atoms with Crippen LogP contribution in [0.4, 0.5) is 10.1 Å². The van der Waals surface area contributed by atoms with Crippen molar-refractivity contribution in [3.05, 3.63) is 34.5 Å². The van der Waals surface area contributed by atoms with Crippen LogP contribution in [0.15, 0.2) is 12.1 Å². The number of hydrogen-bond donors (Lipinski definition) is 0. The van der Waals surface area contributed by atoms with Crippen molar-refractivity contribution < 1.29 is 18.8 Å². The van der Waals surface area contributed by atoms with Gasteiger partial charge in [-0.1, -0.05) is 0 Å². The fraction of sp³-hybridized carbons (Fsp3) is 0.438. The van der Waals surface area contributed by atoms with Crippen molar-refractivity contribution in [3.8, 4) is 11.4 Å². The molecule has 0 N–H and O–H groups in total. The van der Waals surface area contributed by atoms with Gasteiger partial charge in [0, 0.05) is 36.6 Å². The molecule has 24 heavy (non-hydrogen) atoms. The molecule has 4 rings (SSSR count). The van der Waals surface area contributed by atoms with Gasteiger partial charge in [0.05, 0.1) is 5.69 Å². The molecule has 0 fully saturated rings. The molecule has 0 radical (unpaired) electrons.